The molecule has 0 aliphatic carbocycles. The number of hydrogen-bond donors (Lipinski definition) is 2. The highest BCUT2D eigenvalue weighted by atomic mass is 16.6. The van der Waals surface area contributed by atoms with Gasteiger partial charge in [-0.3, -0.25) is 10.1 Å². The van der Waals surface area contributed by atoms with Crippen molar-refractivity contribution in [3.63, 3.8) is 0 Å². The lowest BCUT2D eigenvalue weighted by Crippen LogP contribution is -2.29. The first-order valence-corrected chi connectivity index (χ1v) is 4.42. The molecule has 0 saturated carbocycles. The van der Waals surface area contributed by atoms with Crippen LogP contribution in [0.4, 0.5) is 10.5 Å². The molecule has 1 heterocycles. The van der Waals surface area contributed by atoms with E-state index < -0.39 is 17.3 Å². The van der Waals surface area contributed by atoms with Gasteiger partial charge in [-0.25, -0.2) is 9.89 Å². The summed E-state index contributed by atoms with van der Waals surface area (Å²) in [6, 6.07) is 1.39. The van der Waals surface area contributed by atoms with Gasteiger partial charge in [-0.05, 0) is 26.8 Å². The number of carbonyl (C=O) groups is 1. The van der Waals surface area contributed by atoms with Crippen molar-refractivity contribution in [1.82, 2.24) is 10.2 Å². The number of rotatable bonds is 1. The van der Waals surface area contributed by atoms with Crippen LogP contribution in [-0.4, -0.2) is 21.9 Å². The van der Waals surface area contributed by atoms with Crippen LogP contribution in [0.2, 0.25) is 0 Å². The number of hydrogen-bond acceptors (Lipinski definition) is 4. The van der Waals surface area contributed by atoms with E-state index in [1.54, 1.807) is 20.8 Å². The van der Waals surface area contributed by atoms with Crippen LogP contribution in [0, 0.1) is 0 Å². The molecular formula is C9H13N3O3. The van der Waals surface area contributed by atoms with Crippen LogP contribution in [0.3, 0.4) is 0 Å². The molecule has 0 aliphatic heterocycles. The first kappa shape index (κ1) is 11.2. The van der Waals surface area contributed by atoms with Crippen molar-refractivity contribution in [2.45, 2.75) is 26.4 Å². The zero-order valence-corrected chi connectivity index (χ0v) is 8.83. The Kier molecular flexibility index (Phi) is 3.08. The first-order valence-electron chi connectivity index (χ1n) is 4.42. The van der Waals surface area contributed by atoms with Crippen molar-refractivity contribution >= 4 is 11.8 Å². The van der Waals surface area contributed by atoms with E-state index in [2.05, 4.69) is 15.5 Å². The molecule has 0 atom stereocenters. The van der Waals surface area contributed by atoms with Crippen LogP contribution in [0.1, 0.15) is 20.8 Å². The van der Waals surface area contributed by atoms with Gasteiger partial charge in [0.2, 0.25) is 0 Å². The SMILES string of the molecule is CC(C)(C)OC(=O)Nc1ccn[nH]c1=O. The molecule has 0 aromatic carbocycles. The number of carbonyl (C=O) groups excluding carboxylic acids is 1. The Bertz CT molecular complexity index is 406. The molecule has 0 aliphatic rings. The second-order valence-electron chi connectivity index (χ2n) is 3.93. The summed E-state index contributed by atoms with van der Waals surface area (Å²) in [7, 11) is 0. The van der Waals surface area contributed by atoms with Crippen LogP contribution in [0.5, 0.6) is 0 Å². The van der Waals surface area contributed by atoms with E-state index in [1.165, 1.54) is 12.3 Å². The monoisotopic (exact) mass is 211 g/mol. The summed E-state index contributed by atoms with van der Waals surface area (Å²) in [5.74, 6) is 0. The molecule has 15 heavy (non-hydrogen) atoms. The summed E-state index contributed by atoms with van der Waals surface area (Å²) in [6.07, 6.45) is 0.702. The molecule has 0 spiro atoms. The maximum absolute atomic E-state index is 11.3. The normalized spacial score (nSPS) is 10.9. The van der Waals surface area contributed by atoms with Crippen LogP contribution in [0.25, 0.3) is 0 Å². The Morgan fingerprint density at radius 1 is 1.53 bits per heavy atom. The third-order valence-corrected chi connectivity index (χ3v) is 1.36. The summed E-state index contributed by atoms with van der Waals surface area (Å²) in [6.45, 7) is 5.22. The van der Waals surface area contributed by atoms with Gasteiger partial charge in [-0.2, -0.15) is 5.10 Å². The zero-order valence-electron chi connectivity index (χ0n) is 8.83. The fourth-order valence-electron chi connectivity index (χ4n) is 0.856. The molecule has 1 aromatic heterocycles. The lowest BCUT2D eigenvalue weighted by atomic mass is 10.2. The van der Waals surface area contributed by atoms with Gasteiger partial charge in [-0.1, -0.05) is 0 Å². The smallest absolute Gasteiger partial charge is 0.412 e. The third kappa shape index (κ3) is 3.80. The topological polar surface area (TPSA) is 84.1 Å². The standard InChI is InChI=1S/C9H13N3O3/c1-9(2,3)15-8(14)11-6-4-5-10-12-7(6)13/h4-5H,1-3H3,(H,12,13)(H,10,11,14). The number of H-pyrrole nitrogens is 1. The van der Waals surface area contributed by atoms with Gasteiger partial charge in [0.15, 0.2) is 0 Å². The van der Waals surface area contributed by atoms with Crippen molar-refractivity contribution in [2.24, 2.45) is 0 Å². The number of nitrogens with one attached hydrogen (secondary N) is 2. The Hall–Kier alpha value is -1.85. The Balaban J connectivity index is 2.68. The predicted octanol–water partition coefficient (Wildman–Crippen LogP) is 1.12. The number of amides is 1. The molecule has 0 saturated heterocycles. The van der Waals surface area contributed by atoms with Crippen molar-refractivity contribution in [3.05, 3.63) is 22.6 Å². The quantitative estimate of drug-likeness (QED) is 0.728. The summed E-state index contributed by atoms with van der Waals surface area (Å²) in [5, 5.41) is 8.01. The maximum Gasteiger partial charge on any atom is 0.412 e. The summed E-state index contributed by atoms with van der Waals surface area (Å²) in [5.41, 5.74) is -0.952. The second-order valence-corrected chi connectivity index (χ2v) is 3.93. The molecule has 0 fully saturated rings. The van der Waals surface area contributed by atoms with Crippen LogP contribution in [-0.2, 0) is 4.74 Å². The Morgan fingerprint density at radius 2 is 2.20 bits per heavy atom. The van der Waals surface area contributed by atoms with Gasteiger partial charge >= 0.3 is 6.09 Å². The van der Waals surface area contributed by atoms with Crippen molar-refractivity contribution in [2.75, 3.05) is 5.32 Å². The largest absolute Gasteiger partial charge is 0.444 e. The molecule has 6 nitrogen and oxygen atoms in total. The minimum atomic E-state index is -0.667. The number of anilines is 1. The van der Waals surface area contributed by atoms with Gasteiger partial charge in [0.1, 0.15) is 11.3 Å². The number of nitrogens with zero attached hydrogens (tertiary/aromatic N) is 1. The highest BCUT2D eigenvalue weighted by Crippen LogP contribution is 2.08. The molecule has 2 N–H and O–H groups in total. The molecule has 0 radical (unpaired) electrons. The van der Waals surface area contributed by atoms with Crippen molar-refractivity contribution in [3.8, 4) is 0 Å². The zero-order chi connectivity index (χ0) is 11.5. The van der Waals surface area contributed by atoms with Gasteiger partial charge < -0.3 is 4.74 Å². The average molecular weight is 211 g/mol. The number of ether oxygens (including phenoxy) is 1. The summed E-state index contributed by atoms with van der Waals surface area (Å²) < 4.78 is 4.97. The highest BCUT2D eigenvalue weighted by Gasteiger charge is 2.16. The molecular weight excluding hydrogens is 198 g/mol. The predicted molar refractivity (Wildman–Crippen MR) is 54.7 cm³/mol. The number of aromatic nitrogens is 2. The van der Waals surface area contributed by atoms with E-state index >= 15 is 0 Å². The molecule has 1 amide bonds. The van der Waals surface area contributed by atoms with Crippen LogP contribution in [0.15, 0.2) is 17.1 Å². The maximum atomic E-state index is 11.3. The van der Waals surface area contributed by atoms with Crippen molar-refractivity contribution < 1.29 is 9.53 Å². The lowest BCUT2D eigenvalue weighted by molar-refractivity contribution is 0.0635. The van der Waals surface area contributed by atoms with E-state index in [9.17, 15) is 9.59 Å². The van der Waals surface area contributed by atoms with Gasteiger partial charge in [0.05, 0.1) is 0 Å². The minimum Gasteiger partial charge on any atom is -0.444 e. The molecule has 1 aromatic rings. The van der Waals surface area contributed by atoms with Gasteiger partial charge in [-0.15, -0.1) is 0 Å². The second kappa shape index (κ2) is 4.12. The lowest BCUT2D eigenvalue weighted by Gasteiger charge is -2.19. The average Bonchev–Trinajstić information content (AvgIpc) is 2.05. The Morgan fingerprint density at radius 3 is 2.73 bits per heavy atom. The molecule has 6 heteroatoms. The molecule has 1 rings (SSSR count). The highest BCUT2D eigenvalue weighted by molar-refractivity contribution is 5.84. The summed E-state index contributed by atoms with van der Waals surface area (Å²) in [4.78, 5) is 22.4. The molecule has 0 unspecified atom stereocenters. The molecule has 0 bridgehead atoms. The van der Waals surface area contributed by atoms with Crippen LogP contribution >= 0.6 is 0 Å². The summed E-state index contributed by atoms with van der Waals surface area (Å²) >= 11 is 0. The van der Waals surface area contributed by atoms with E-state index in [1.807, 2.05) is 0 Å². The fraction of sp³-hybridized carbons (Fsp3) is 0.444. The van der Waals surface area contributed by atoms with E-state index in [4.69, 9.17) is 4.74 Å². The fourth-order valence-corrected chi connectivity index (χ4v) is 0.856. The number of aromatic amines is 1. The van der Waals surface area contributed by atoms with Gasteiger partial charge in [0.25, 0.3) is 5.56 Å². The Labute approximate surface area is 86.7 Å². The van der Waals surface area contributed by atoms with E-state index in [0.29, 0.717) is 0 Å². The van der Waals surface area contributed by atoms with Gasteiger partial charge in [0, 0.05) is 6.20 Å². The third-order valence-electron chi connectivity index (χ3n) is 1.36. The molecule has 82 valence electrons. The first-order chi connectivity index (χ1) is 6.88. The minimum absolute atomic E-state index is 0.110. The van der Waals surface area contributed by atoms with Crippen molar-refractivity contribution in [1.29, 1.82) is 0 Å². The van der Waals surface area contributed by atoms with E-state index in [-0.39, 0.29) is 5.69 Å². The van der Waals surface area contributed by atoms with Crippen LogP contribution < -0.4 is 10.9 Å². The van der Waals surface area contributed by atoms with E-state index in [0.717, 1.165) is 0 Å².